The maximum absolute atomic E-state index is 12.8. The third-order valence-corrected chi connectivity index (χ3v) is 3.68. The molecule has 0 heterocycles. The van der Waals surface area contributed by atoms with E-state index in [4.69, 9.17) is 18.9 Å². The van der Waals surface area contributed by atoms with Crippen LogP contribution >= 0.6 is 0 Å². The topological polar surface area (TPSA) is 109 Å². The van der Waals surface area contributed by atoms with Crippen LogP contribution in [0.15, 0.2) is 30.3 Å². The van der Waals surface area contributed by atoms with E-state index in [2.05, 4.69) is 5.32 Å². The molecule has 9 nitrogen and oxygen atoms in total. The summed E-state index contributed by atoms with van der Waals surface area (Å²) in [4.78, 5) is 23.5. The molecule has 0 atom stereocenters. The van der Waals surface area contributed by atoms with Gasteiger partial charge in [0, 0.05) is 12.1 Å². The molecule has 0 radical (unpaired) electrons. The lowest BCUT2D eigenvalue weighted by Gasteiger charge is -2.14. The molecule has 1 amide bonds. The Kier molecular flexibility index (Phi) is 6.42. The molecular formula is C18H20N2O7. The van der Waals surface area contributed by atoms with Crippen LogP contribution in [0.2, 0.25) is 0 Å². The predicted molar refractivity (Wildman–Crippen MR) is 98.3 cm³/mol. The van der Waals surface area contributed by atoms with E-state index < -0.39 is 16.5 Å². The molecule has 0 unspecified atom stereocenters. The normalized spacial score (nSPS) is 10.1. The second-order valence-corrected chi connectivity index (χ2v) is 5.23. The average Bonchev–Trinajstić information content (AvgIpc) is 2.67. The van der Waals surface area contributed by atoms with Crippen LogP contribution in [-0.2, 0) is 0 Å². The summed E-state index contributed by atoms with van der Waals surface area (Å²) in [6.45, 7) is 2.06. The first-order valence-electron chi connectivity index (χ1n) is 7.97. The van der Waals surface area contributed by atoms with Crippen molar-refractivity contribution in [2.24, 2.45) is 0 Å². The fourth-order valence-corrected chi connectivity index (χ4v) is 2.41. The van der Waals surface area contributed by atoms with Crippen LogP contribution in [-0.4, -0.2) is 38.8 Å². The fourth-order valence-electron chi connectivity index (χ4n) is 2.41. The predicted octanol–water partition coefficient (Wildman–Crippen LogP) is 3.27. The molecule has 0 aromatic heterocycles. The van der Waals surface area contributed by atoms with Gasteiger partial charge in [-0.3, -0.25) is 14.9 Å². The standard InChI is InChI=1S/C18H20N2O7/c1-5-27-17-9-12(14(20(22)23)10-16(17)26-4)18(21)19-13-8-11(24-2)6-7-15(13)25-3/h6-10H,5H2,1-4H3,(H,19,21). The summed E-state index contributed by atoms with van der Waals surface area (Å²) in [5.74, 6) is 0.569. The average molecular weight is 376 g/mol. The zero-order valence-electron chi connectivity index (χ0n) is 15.4. The van der Waals surface area contributed by atoms with E-state index in [-0.39, 0.29) is 17.1 Å². The molecular weight excluding hydrogens is 356 g/mol. The number of nitro groups is 1. The van der Waals surface area contributed by atoms with Crippen LogP contribution < -0.4 is 24.3 Å². The van der Waals surface area contributed by atoms with Gasteiger partial charge in [0.2, 0.25) is 0 Å². The number of benzene rings is 2. The number of nitrogens with zero attached hydrogens (tertiary/aromatic N) is 1. The molecule has 0 bridgehead atoms. The van der Waals surface area contributed by atoms with Gasteiger partial charge in [0.1, 0.15) is 17.1 Å². The molecule has 9 heteroatoms. The fraction of sp³-hybridized carbons (Fsp3) is 0.278. The van der Waals surface area contributed by atoms with E-state index in [1.165, 1.54) is 27.4 Å². The Morgan fingerprint density at radius 1 is 1.04 bits per heavy atom. The lowest BCUT2D eigenvalue weighted by Crippen LogP contribution is -2.15. The molecule has 1 N–H and O–H groups in total. The van der Waals surface area contributed by atoms with Crippen molar-refractivity contribution in [3.05, 3.63) is 46.0 Å². The monoisotopic (exact) mass is 376 g/mol. The molecule has 2 aromatic rings. The first kappa shape index (κ1) is 19.8. The SMILES string of the molecule is CCOc1cc(C(=O)Nc2cc(OC)ccc2OC)c([N+](=O)[O-])cc1OC. The number of rotatable bonds is 8. The number of methoxy groups -OCH3 is 3. The van der Waals surface area contributed by atoms with Crippen molar-refractivity contribution in [1.82, 2.24) is 0 Å². The van der Waals surface area contributed by atoms with E-state index in [9.17, 15) is 14.9 Å². The summed E-state index contributed by atoms with van der Waals surface area (Å²) in [6, 6.07) is 7.26. The highest BCUT2D eigenvalue weighted by atomic mass is 16.6. The summed E-state index contributed by atoms with van der Waals surface area (Å²) in [7, 11) is 4.29. The van der Waals surface area contributed by atoms with Crippen LogP contribution in [0.3, 0.4) is 0 Å². The minimum Gasteiger partial charge on any atom is -0.497 e. The summed E-state index contributed by atoms with van der Waals surface area (Å²) in [5, 5.41) is 14.0. The lowest BCUT2D eigenvalue weighted by atomic mass is 10.1. The van der Waals surface area contributed by atoms with Gasteiger partial charge in [-0.05, 0) is 19.1 Å². The second kappa shape index (κ2) is 8.75. The molecule has 0 saturated carbocycles. The minimum absolute atomic E-state index is 0.166. The Labute approximate surface area is 155 Å². The van der Waals surface area contributed by atoms with Gasteiger partial charge in [-0.15, -0.1) is 0 Å². The van der Waals surface area contributed by atoms with Gasteiger partial charge in [0.15, 0.2) is 11.5 Å². The van der Waals surface area contributed by atoms with Crippen molar-refractivity contribution >= 4 is 17.3 Å². The van der Waals surface area contributed by atoms with Crippen molar-refractivity contribution < 1.29 is 28.7 Å². The highest BCUT2D eigenvalue weighted by molar-refractivity contribution is 6.08. The summed E-state index contributed by atoms with van der Waals surface area (Å²) in [6.07, 6.45) is 0. The quantitative estimate of drug-likeness (QED) is 0.556. The molecule has 0 spiro atoms. The smallest absolute Gasteiger partial charge is 0.286 e. The number of nitro benzene ring substituents is 1. The number of hydrogen-bond donors (Lipinski definition) is 1. The Morgan fingerprint density at radius 2 is 1.74 bits per heavy atom. The highest BCUT2D eigenvalue weighted by Gasteiger charge is 2.25. The van der Waals surface area contributed by atoms with Crippen LogP contribution in [0.4, 0.5) is 11.4 Å². The van der Waals surface area contributed by atoms with Crippen molar-refractivity contribution in [1.29, 1.82) is 0 Å². The molecule has 0 aliphatic carbocycles. The maximum Gasteiger partial charge on any atom is 0.286 e. The number of amides is 1. The summed E-state index contributed by atoms with van der Waals surface area (Å²) >= 11 is 0. The van der Waals surface area contributed by atoms with Gasteiger partial charge >= 0.3 is 0 Å². The zero-order chi connectivity index (χ0) is 20.0. The summed E-state index contributed by atoms with van der Waals surface area (Å²) < 4.78 is 20.9. The maximum atomic E-state index is 12.8. The van der Waals surface area contributed by atoms with Crippen LogP contribution in [0.5, 0.6) is 23.0 Å². The summed E-state index contributed by atoms with van der Waals surface area (Å²) in [5.41, 5.74) is -0.270. The third-order valence-electron chi connectivity index (χ3n) is 3.68. The van der Waals surface area contributed by atoms with Gasteiger partial charge in [0.05, 0.1) is 44.6 Å². The number of carbonyl (C=O) groups excluding carboxylic acids is 1. The van der Waals surface area contributed by atoms with Gasteiger partial charge < -0.3 is 24.3 Å². The van der Waals surface area contributed by atoms with E-state index in [0.717, 1.165) is 6.07 Å². The zero-order valence-corrected chi connectivity index (χ0v) is 15.4. The van der Waals surface area contributed by atoms with Crippen LogP contribution in [0.25, 0.3) is 0 Å². The third kappa shape index (κ3) is 4.38. The molecule has 27 heavy (non-hydrogen) atoms. The number of nitrogens with one attached hydrogen (secondary N) is 1. The number of hydrogen-bond acceptors (Lipinski definition) is 7. The number of ether oxygens (including phenoxy) is 4. The molecule has 2 aromatic carbocycles. The van der Waals surface area contributed by atoms with Crippen LogP contribution in [0, 0.1) is 10.1 Å². The van der Waals surface area contributed by atoms with Gasteiger partial charge in [0.25, 0.3) is 11.6 Å². The number of carbonyl (C=O) groups is 1. The molecule has 144 valence electrons. The van der Waals surface area contributed by atoms with Crippen molar-refractivity contribution in [2.45, 2.75) is 6.92 Å². The van der Waals surface area contributed by atoms with Crippen molar-refractivity contribution in [3.63, 3.8) is 0 Å². The molecule has 0 saturated heterocycles. The van der Waals surface area contributed by atoms with Crippen molar-refractivity contribution in [2.75, 3.05) is 33.3 Å². The first-order chi connectivity index (χ1) is 12.9. The Balaban J connectivity index is 2.49. The van der Waals surface area contributed by atoms with Crippen LogP contribution in [0.1, 0.15) is 17.3 Å². The Morgan fingerprint density at radius 3 is 2.30 bits per heavy atom. The lowest BCUT2D eigenvalue weighted by molar-refractivity contribution is -0.385. The largest absolute Gasteiger partial charge is 0.497 e. The van der Waals surface area contributed by atoms with Gasteiger partial charge in [-0.2, -0.15) is 0 Å². The van der Waals surface area contributed by atoms with Gasteiger partial charge in [-0.1, -0.05) is 0 Å². The van der Waals surface area contributed by atoms with E-state index in [0.29, 0.717) is 23.8 Å². The first-order valence-corrected chi connectivity index (χ1v) is 7.97. The van der Waals surface area contributed by atoms with Crippen molar-refractivity contribution in [3.8, 4) is 23.0 Å². The van der Waals surface area contributed by atoms with E-state index in [1.54, 1.807) is 25.1 Å². The number of anilines is 1. The Bertz CT molecular complexity index is 852. The highest BCUT2D eigenvalue weighted by Crippen LogP contribution is 2.36. The molecule has 0 aliphatic rings. The second-order valence-electron chi connectivity index (χ2n) is 5.23. The van der Waals surface area contributed by atoms with E-state index >= 15 is 0 Å². The molecule has 0 aliphatic heterocycles. The van der Waals surface area contributed by atoms with E-state index in [1.807, 2.05) is 0 Å². The van der Waals surface area contributed by atoms with Gasteiger partial charge in [-0.25, -0.2) is 0 Å². The Hall–Kier alpha value is -3.49. The minimum atomic E-state index is -0.697. The molecule has 0 fully saturated rings. The molecule has 2 rings (SSSR count).